The molecule has 0 aliphatic heterocycles. The molecule has 0 radical (unpaired) electrons. The van der Waals surface area contributed by atoms with Gasteiger partial charge in [-0.05, 0) is 17.7 Å². The van der Waals surface area contributed by atoms with Crippen molar-refractivity contribution in [1.29, 1.82) is 0 Å². The third kappa shape index (κ3) is 2.46. The molecule has 0 unspecified atom stereocenters. The van der Waals surface area contributed by atoms with E-state index >= 15 is 0 Å². The molecule has 0 fully saturated rings. The molecule has 4 nitrogen and oxygen atoms in total. The highest BCUT2D eigenvalue weighted by Crippen LogP contribution is 2.42. The molecule has 0 saturated carbocycles. The monoisotopic (exact) mass is 341 g/mol. The van der Waals surface area contributed by atoms with Crippen LogP contribution in [0, 0.1) is 0 Å². The summed E-state index contributed by atoms with van der Waals surface area (Å²) >= 11 is 12.2. The number of furan rings is 1. The van der Waals surface area contributed by atoms with E-state index in [-0.39, 0.29) is 0 Å². The molecule has 6 heteroatoms. The van der Waals surface area contributed by atoms with E-state index in [0.717, 1.165) is 16.7 Å². The molecule has 4 aromatic rings. The van der Waals surface area contributed by atoms with Gasteiger partial charge in [-0.25, -0.2) is 15.0 Å². The summed E-state index contributed by atoms with van der Waals surface area (Å²) in [7, 11) is 0. The van der Waals surface area contributed by atoms with Crippen LogP contribution >= 0.6 is 23.2 Å². The van der Waals surface area contributed by atoms with Crippen LogP contribution in [0.25, 0.3) is 33.6 Å². The highest BCUT2D eigenvalue weighted by molar-refractivity contribution is 6.35. The van der Waals surface area contributed by atoms with E-state index in [9.17, 15) is 0 Å². The standard InChI is InChI=1S/C17H9Cl2N3O/c18-12-7-6-11(8-20-12)15-13(10-4-2-1-3-5-10)14-16(19)21-9-22-17(14)23-15/h1-9H. The molecule has 0 spiro atoms. The summed E-state index contributed by atoms with van der Waals surface area (Å²) in [6.45, 7) is 0. The van der Waals surface area contributed by atoms with Crippen LogP contribution in [-0.4, -0.2) is 15.0 Å². The second kappa shape index (κ2) is 5.65. The van der Waals surface area contributed by atoms with E-state index in [1.54, 1.807) is 12.3 Å². The van der Waals surface area contributed by atoms with Gasteiger partial charge < -0.3 is 4.42 Å². The summed E-state index contributed by atoms with van der Waals surface area (Å²) in [5, 5.41) is 1.46. The lowest BCUT2D eigenvalue weighted by Gasteiger charge is -2.04. The minimum atomic E-state index is 0.353. The Morgan fingerprint density at radius 2 is 1.65 bits per heavy atom. The van der Waals surface area contributed by atoms with Crippen LogP contribution < -0.4 is 0 Å². The summed E-state index contributed by atoms with van der Waals surface area (Å²) in [5.74, 6) is 0.637. The minimum absolute atomic E-state index is 0.353. The van der Waals surface area contributed by atoms with Gasteiger partial charge in [0.05, 0.1) is 5.39 Å². The highest BCUT2D eigenvalue weighted by atomic mass is 35.5. The van der Waals surface area contributed by atoms with E-state index in [4.69, 9.17) is 27.6 Å². The van der Waals surface area contributed by atoms with Gasteiger partial charge in [-0.2, -0.15) is 0 Å². The topological polar surface area (TPSA) is 51.8 Å². The van der Waals surface area contributed by atoms with Gasteiger partial charge in [0.15, 0.2) is 0 Å². The molecule has 112 valence electrons. The number of pyridine rings is 1. The van der Waals surface area contributed by atoms with Crippen LogP contribution in [-0.2, 0) is 0 Å². The van der Waals surface area contributed by atoms with Crippen molar-refractivity contribution >= 4 is 34.3 Å². The fraction of sp³-hybridized carbons (Fsp3) is 0. The third-order valence-electron chi connectivity index (χ3n) is 3.49. The zero-order valence-electron chi connectivity index (χ0n) is 11.7. The normalized spacial score (nSPS) is 11.0. The number of halogens is 2. The fourth-order valence-corrected chi connectivity index (χ4v) is 2.82. The average Bonchev–Trinajstić information content (AvgIpc) is 2.97. The molecule has 0 aliphatic carbocycles. The third-order valence-corrected chi connectivity index (χ3v) is 4.00. The number of fused-ring (bicyclic) bond motifs is 1. The van der Waals surface area contributed by atoms with Crippen molar-refractivity contribution in [3.63, 3.8) is 0 Å². The number of benzene rings is 1. The predicted molar refractivity (Wildman–Crippen MR) is 90.5 cm³/mol. The van der Waals surface area contributed by atoms with Gasteiger partial charge in [0.1, 0.15) is 22.4 Å². The maximum absolute atomic E-state index is 6.29. The van der Waals surface area contributed by atoms with Crippen molar-refractivity contribution in [2.24, 2.45) is 0 Å². The van der Waals surface area contributed by atoms with Crippen LogP contribution in [0.1, 0.15) is 0 Å². The Morgan fingerprint density at radius 1 is 0.826 bits per heavy atom. The van der Waals surface area contributed by atoms with Gasteiger partial charge in [-0.1, -0.05) is 53.5 Å². The number of hydrogen-bond acceptors (Lipinski definition) is 4. The van der Waals surface area contributed by atoms with Crippen molar-refractivity contribution in [3.8, 4) is 22.5 Å². The van der Waals surface area contributed by atoms with E-state index < -0.39 is 0 Å². The molecule has 0 saturated heterocycles. The summed E-state index contributed by atoms with van der Waals surface area (Å²) in [4.78, 5) is 12.4. The summed E-state index contributed by atoms with van der Waals surface area (Å²) in [6.07, 6.45) is 3.04. The van der Waals surface area contributed by atoms with Crippen LogP contribution in [0.5, 0.6) is 0 Å². The molecule has 0 N–H and O–H groups in total. The van der Waals surface area contributed by atoms with Gasteiger partial charge in [0.2, 0.25) is 5.71 Å². The molecule has 0 amide bonds. The molecule has 3 aromatic heterocycles. The SMILES string of the molecule is Clc1ccc(-c2oc3ncnc(Cl)c3c2-c2ccccc2)cn1. The quantitative estimate of drug-likeness (QED) is 0.368. The molecule has 0 aliphatic rings. The second-order valence-electron chi connectivity index (χ2n) is 4.89. The van der Waals surface area contributed by atoms with E-state index in [1.165, 1.54) is 6.33 Å². The maximum atomic E-state index is 6.29. The Hall–Kier alpha value is -2.43. The van der Waals surface area contributed by atoms with E-state index in [2.05, 4.69) is 15.0 Å². The molecule has 0 atom stereocenters. The average molecular weight is 342 g/mol. The summed E-state index contributed by atoms with van der Waals surface area (Å²) in [6, 6.07) is 13.4. The maximum Gasteiger partial charge on any atom is 0.231 e. The van der Waals surface area contributed by atoms with Gasteiger partial charge in [0, 0.05) is 17.3 Å². The molecular formula is C17H9Cl2N3O. The number of hydrogen-bond donors (Lipinski definition) is 0. The summed E-state index contributed by atoms with van der Waals surface area (Å²) < 4.78 is 5.94. The predicted octanol–water partition coefficient (Wildman–Crippen LogP) is 5.26. The second-order valence-corrected chi connectivity index (χ2v) is 5.63. The van der Waals surface area contributed by atoms with Gasteiger partial charge in [-0.3, -0.25) is 0 Å². The first-order valence-corrected chi connectivity index (χ1v) is 7.60. The molecule has 0 bridgehead atoms. The Balaban J connectivity index is 2.08. The Morgan fingerprint density at radius 3 is 2.39 bits per heavy atom. The van der Waals surface area contributed by atoms with Gasteiger partial charge in [0.25, 0.3) is 0 Å². The molecule has 3 heterocycles. The molecule has 1 aromatic carbocycles. The van der Waals surface area contributed by atoms with Crippen molar-refractivity contribution in [3.05, 3.63) is 65.3 Å². The van der Waals surface area contributed by atoms with Gasteiger partial charge in [-0.15, -0.1) is 0 Å². The lowest BCUT2D eigenvalue weighted by atomic mass is 10.0. The lowest BCUT2D eigenvalue weighted by molar-refractivity contribution is 0.618. The smallest absolute Gasteiger partial charge is 0.231 e. The van der Waals surface area contributed by atoms with Crippen molar-refractivity contribution in [2.75, 3.05) is 0 Å². The first-order valence-electron chi connectivity index (χ1n) is 6.84. The van der Waals surface area contributed by atoms with E-state index in [0.29, 0.717) is 27.2 Å². The van der Waals surface area contributed by atoms with E-state index in [1.807, 2.05) is 36.4 Å². The van der Waals surface area contributed by atoms with Crippen LogP contribution in [0.3, 0.4) is 0 Å². The first kappa shape index (κ1) is 14.2. The Kier molecular flexibility index (Phi) is 3.48. The lowest BCUT2D eigenvalue weighted by Crippen LogP contribution is -1.84. The number of aromatic nitrogens is 3. The van der Waals surface area contributed by atoms with Crippen molar-refractivity contribution in [2.45, 2.75) is 0 Å². The zero-order chi connectivity index (χ0) is 15.8. The van der Waals surface area contributed by atoms with Crippen LogP contribution in [0.15, 0.2) is 59.4 Å². The molecule has 23 heavy (non-hydrogen) atoms. The Bertz CT molecular complexity index is 982. The van der Waals surface area contributed by atoms with Gasteiger partial charge >= 0.3 is 0 Å². The highest BCUT2D eigenvalue weighted by Gasteiger charge is 2.21. The van der Waals surface area contributed by atoms with Crippen molar-refractivity contribution < 1.29 is 4.42 Å². The molecule has 4 rings (SSSR count). The number of nitrogens with zero attached hydrogens (tertiary/aromatic N) is 3. The van der Waals surface area contributed by atoms with Crippen molar-refractivity contribution in [1.82, 2.24) is 15.0 Å². The first-order chi connectivity index (χ1) is 11.2. The number of rotatable bonds is 2. The minimum Gasteiger partial charge on any atom is -0.437 e. The molecular weight excluding hydrogens is 333 g/mol. The fourth-order valence-electron chi connectivity index (χ4n) is 2.49. The van der Waals surface area contributed by atoms with Crippen LogP contribution in [0.2, 0.25) is 10.3 Å². The zero-order valence-corrected chi connectivity index (χ0v) is 13.2. The summed E-state index contributed by atoms with van der Waals surface area (Å²) in [5.41, 5.74) is 3.04. The Labute approximate surface area is 141 Å². The van der Waals surface area contributed by atoms with Crippen LogP contribution in [0.4, 0.5) is 0 Å². The largest absolute Gasteiger partial charge is 0.437 e.